The Kier molecular flexibility index (Phi) is 8.79. The molecule has 3 heteroatoms. The first-order valence-electron chi connectivity index (χ1n) is 4.54. The number of halogens is 2. The topological polar surface area (TPSA) is 0 Å². The zero-order valence-electron chi connectivity index (χ0n) is 8.56. The van der Waals surface area contributed by atoms with E-state index in [9.17, 15) is 0 Å². The van der Waals surface area contributed by atoms with Gasteiger partial charge in [0.15, 0.2) is 0 Å². The number of hydrogen-bond acceptors (Lipinski definition) is 0. The van der Waals surface area contributed by atoms with E-state index in [0.29, 0.717) is 5.92 Å². The minimum Gasteiger partial charge on any atom is -1.00 e. The molecular weight excluding hydrogens is 294 g/mol. The Morgan fingerprint density at radius 3 is 2.21 bits per heavy atom. The van der Waals surface area contributed by atoms with Gasteiger partial charge >= 0.3 is 26.2 Å². The Morgan fingerprint density at radius 2 is 1.86 bits per heavy atom. The third kappa shape index (κ3) is 4.13. The van der Waals surface area contributed by atoms with Gasteiger partial charge in [-0.05, 0) is 5.92 Å². The van der Waals surface area contributed by atoms with Gasteiger partial charge in [-0.25, -0.2) is 6.07 Å². The Morgan fingerprint density at radius 1 is 1.29 bits per heavy atom. The molecule has 1 fully saturated rings. The molecular formula is C11H15Cl2Zr. The van der Waals surface area contributed by atoms with Crippen LogP contribution < -0.4 is 24.8 Å². The van der Waals surface area contributed by atoms with Crippen LogP contribution >= 0.6 is 0 Å². The predicted molar refractivity (Wildman–Crippen MR) is 48.1 cm³/mol. The Balaban J connectivity index is 0. The van der Waals surface area contributed by atoms with E-state index in [1.54, 1.807) is 5.56 Å². The van der Waals surface area contributed by atoms with E-state index in [1.807, 2.05) is 0 Å². The molecule has 0 nitrogen and oxygen atoms in total. The second-order valence-electron chi connectivity index (χ2n) is 3.91. The van der Waals surface area contributed by atoms with Crippen molar-refractivity contribution in [2.75, 3.05) is 0 Å². The van der Waals surface area contributed by atoms with Crippen molar-refractivity contribution in [2.45, 2.75) is 38.5 Å². The first-order valence-corrected chi connectivity index (χ1v) is 4.54. The van der Waals surface area contributed by atoms with E-state index < -0.39 is 0 Å². The molecule has 1 aromatic carbocycles. The van der Waals surface area contributed by atoms with E-state index in [0.717, 1.165) is 5.92 Å². The maximum absolute atomic E-state index is 2.38. The van der Waals surface area contributed by atoms with Gasteiger partial charge in [-0.3, -0.25) is 0 Å². The molecule has 14 heavy (non-hydrogen) atoms. The molecule has 0 atom stereocenters. The van der Waals surface area contributed by atoms with Crippen molar-refractivity contribution in [1.29, 1.82) is 0 Å². The van der Waals surface area contributed by atoms with Crippen LogP contribution in [0.15, 0.2) is 18.2 Å². The Labute approximate surface area is 118 Å². The average Bonchev–Trinajstić information content (AvgIpc) is 2.68. The molecule has 0 N–H and O–H groups in total. The van der Waals surface area contributed by atoms with Gasteiger partial charge in [0.05, 0.1) is 0 Å². The molecule has 0 aromatic heterocycles. The van der Waals surface area contributed by atoms with Crippen molar-refractivity contribution in [2.24, 2.45) is 0 Å². The van der Waals surface area contributed by atoms with Crippen molar-refractivity contribution < 1.29 is 51.0 Å². The van der Waals surface area contributed by atoms with Gasteiger partial charge < -0.3 is 24.8 Å². The monoisotopic (exact) mass is 307 g/mol. The maximum atomic E-state index is 2.38. The second kappa shape index (κ2) is 7.15. The van der Waals surface area contributed by atoms with Crippen LogP contribution in [0, 0.1) is 0 Å². The fourth-order valence-electron chi connectivity index (χ4n) is 1.51. The first kappa shape index (κ1) is 17.2. The summed E-state index contributed by atoms with van der Waals surface area (Å²) in [5, 5.41) is 0. The molecule has 1 saturated carbocycles. The summed E-state index contributed by atoms with van der Waals surface area (Å²) in [5.41, 5.74) is 3.08. The van der Waals surface area contributed by atoms with Gasteiger partial charge in [0, 0.05) is 0 Å². The fourth-order valence-corrected chi connectivity index (χ4v) is 1.51. The summed E-state index contributed by atoms with van der Waals surface area (Å²) in [6.07, 6.45) is 2.84. The van der Waals surface area contributed by atoms with E-state index in [1.165, 1.54) is 18.4 Å². The maximum Gasteiger partial charge on any atom is 3.00 e. The summed E-state index contributed by atoms with van der Waals surface area (Å²) in [4.78, 5) is 0. The molecule has 1 aromatic rings. The van der Waals surface area contributed by atoms with E-state index >= 15 is 0 Å². The van der Waals surface area contributed by atoms with Crippen LogP contribution in [-0.2, 0) is 26.2 Å². The second-order valence-corrected chi connectivity index (χ2v) is 3.91. The largest absolute Gasteiger partial charge is 3.00 e. The summed E-state index contributed by atoms with van der Waals surface area (Å²) < 4.78 is 0. The smallest absolute Gasteiger partial charge is 1.00 e. The molecule has 2 rings (SSSR count). The zero-order valence-corrected chi connectivity index (χ0v) is 12.5. The van der Waals surface area contributed by atoms with Crippen molar-refractivity contribution in [1.82, 2.24) is 0 Å². The van der Waals surface area contributed by atoms with Crippen LogP contribution in [0.5, 0.6) is 0 Å². The quantitative estimate of drug-likeness (QED) is 0.526. The van der Waals surface area contributed by atoms with Gasteiger partial charge in [-0.2, -0.15) is 23.3 Å². The molecule has 0 spiro atoms. The summed E-state index contributed by atoms with van der Waals surface area (Å²) in [6, 6.07) is 6.95. The number of hydrogen-bond donors (Lipinski definition) is 0. The van der Waals surface area contributed by atoms with Crippen LogP contribution in [0.3, 0.4) is 0 Å². The molecule has 0 unspecified atom stereocenters. The molecule has 0 heterocycles. The van der Waals surface area contributed by atoms with Gasteiger partial charge in [0.2, 0.25) is 0 Å². The molecule has 1 aliphatic rings. The molecule has 1 radical (unpaired) electrons. The van der Waals surface area contributed by atoms with Gasteiger partial charge in [0.1, 0.15) is 0 Å². The van der Waals surface area contributed by atoms with Crippen LogP contribution in [0.2, 0.25) is 0 Å². The molecule has 0 aliphatic heterocycles. The van der Waals surface area contributed by atoms with Crippen LogP contribution in [-0.4, -0.2) is 0 Å². The molecule has 1 aliphatic carbocycles. The van der Waals surface area contributed by atoms with E-state index in [-0.39, 0.29) is 51.0 Å². The van der Waals surface area contributed by atoms with Gasteiger partial charge in [-0.1, -0.05) is 32.6 Å². The third-order valence-corrected chi connectivity index (χ3v) is 2.52. The zero-order chi connectivity index (χ0) is 7.84. The third-order valence-electron chi connectivity index (χ3n) is 2.52. The molecule has 77 valence electrons. The Bertz CT molecular complexity index is 235. The fraction of sp³-hybridized carbons (Fsp3) is 0.545. The number of rotatable bonds is 2. The molecule has 0 bridgehead atoms. The minimum atomic E-state index is 0. The predicted octanol–water partition coefficient (Wildman–Crippen LogP) is -2.59. The minimum absolute atomic E-state index is 0. The standard InChI is InChI=1S/C11H15.2ClH.Zr/c1-8(2)10-5-6-11(7-10)9-3-4-9;;;/h5-9H,3-4H2,1-2H3;2*1H;/q-1;;;+3/p-2. The van der Waals surface area contributed by atoms with Crippen molar-refractivity contribution in [3.63, 3.8) is 0 Å². The van der Waals surface area contributed by atoms with Crippen molar-refractivity contribution in [3.05, 3.63) is 29.3 Å². The summed E-state index contributed by atoms with van der Waals surface area (Å²) in [5.74, 6) is 1.62. The summed E-state index contributed by atoms with van der Waals surface area (Å²) in [6.45, 7) is 4.51. The van der Waals surface area contributed by atoms with Crippen LogP contribution in [0.25, 0.3) is 0 Å². The van der Waals surface area contributed by atoms with Gasteiger partial charge in [0.25, 0.3) is 0 Å². The SMILES string of the molecule is CC(C)c1cc(C2CC2)c[cH-]1.[Cl-].[Cl-].[Zr+3]. The van der Waals surface area contributed by atoms with Crippen molar-refractivity contribution in [3.8, 4) is 0 Å². The average molecular weight is 309 g/mol. The molecule has 0 amide bonds. The first-order chi connectivity index (χ1) is 5.27. The van der Waals surface area contributed by atoms with Crippen LogP contribution in [0.4, 0.5) is 0 Å². The van der Waals surface area contributed by atoms with Crippen molar-refractivity contribution >= 4 is 0 Å². The van der Waals surface area contributed by atoms with E-state index in [4.69, 9.17) is 0 Å². The summed E-state index contributed by atoms with van der Waals surface area (Å²) in [7, 11) is 0. The molecule has 0 saturated heterocycles. The Hall–Kier alpha value is 0.813. The van der Waals surface area contributed by atoms with Gasteiger partial charge in [-0.15, -0.1) is 0 Å². The summed E-state index contributed by atoms with van der Waals surface area (Å²) >= 11 is 0. The normalized spacial score (nSPS) is 13.9. The van der Waals surface area contributed by atoms with E-state index in [2.05, 4.69) is 32.0 Å². The van der Waals surface area contributed by atoms with Crippen LogP contribution in [0.1, 0.15) is 49.7 Å².